The first-order chi connectivity index (χ1) is 9.24. The lowest BCUT2D eigenvalue weighted by atomic mass is 10.4. The molecular formula is C11H13Cl2N5O. The SMILES string of the molecule is Clc1nc(Cl)c2cnn(CCN3CCOCC3)c2n1. The van der Waals surface area contributed by atoms with Crippen molar-refractivity contribution >= 4 is 34.2 Å². The monoisotopic (exact) mass is 301 g/mol. The molecule has 0 bridgehead atoms. The highest BCUT2D eigenvalue weighted by molar-refractivity contribution is 6.35. The summed E-state index contributed by atoms with van der Waals surface area (Å²) in [6, 6.07) is 0. The summed E-state index contributed by atoms with van der Waals surface area (Å²) in [4.78, 5) is 10.4. The van der Waals surface area contributed by atoms with Gasteiger partial charge in [0.15, 0.2) is 5.65 Å². The second-order valence-corrected chi connectivity index (χ2v) is 5.04. The van der Waals surface area contributed by atoms with Crippen molar-refractivity contribution in [3.8, 4) is 0 Å². The zero-order valence-corrected chi connectivity index (χ0v) is 11.7. The Labute approximate surface area is 120 Å². The Kier molecular flexibility index (Phi) is 3.83. The van der Waals surface area contributed by atoms with Gasteiger partial charge in [-0.15, -0.1) is 0 Å². The first-order valence-corrected chi connectivity index (χ1v) is 6.84. The minimum Gasteiger partial charge on any atom is -0.379 e. The number of morpholine rings is 1. The van der Waals surface area contributed by atoms with Gasteiger partial charge in [-0.25, -0.2) is 9.67 Å². The maximum Gasteiger partial charge on any atom is 0.225 e. The molecule has 2 aromatic rings. The van der Waals surface area contributed by atoms with Gasteiger partial charge in [0.05, 0.1) is 31.3 Å². The predicted octanol–water partition coefficient (Wildman–Crippen LogP) is 1.47. The molecule has 0 saturated carbocycles. The van der Waals surface area contributed by atoms with Crippen LogP contribution in [0.4, 0.5) is 0 Å². The fraction of sp³-hybridized carbons (Fsp3) is 0.545. The van der Waals surface area contributed by atoms with Crippen molar-refractivity contribution in [2.24, 2.45) is 0 Å². The minimum atomic E-state index is 0.144. The molecule has 1 saturated heterocycles. The average Bonchev–Trinajstić information content (AvgIpc) is 2.81. The van der Waals surface area contributed by atoms with Crippen LogP contribution < -0.4 is 0 Å². The highest BCUT2D eigenvalue weighted by Gasteiger charge is 2.13. The lowest BCUT2D eigenvalue weighted by Crippen LogP contribution is -2.38. The van der Waals surface area contributed by atoms with Crippen molar-refractivity contribution in [3.05, 3.63) is 16.6 Å². The number of hydrogen-bond acceptors (Lipinski definition) is 5. The van der Waals surface area contributed by atoms with Gasteiger partial charge in [0.25, 0.3) is 0 Å². The summed E-state index contributed by atoms with van der Waals surface area (Å²) >= 11 is 11.8. The highest BCUT2D eigenvalue weighted by Crippen LogP contribution is 2.21. The lowest BCUT2D eigenvalue weighted by molar-refractivity contribution is 0.0361. The van der Waals surface area contributed by atoms with Crippen LogP contribution in [0.15, 0.2) is 6.20 Å². The molecule has 19 heavy (non-hydrogen) atoms. The molecule has 0 aromatic carbocycles. The summed E-state index contributed by atoms with van der Waals surface area (Å²) < 4.78 is 7.13. The number of nitrogens with zero attached hydrogens (tertiary/aromatic N) is 5. The van der Waals surface area contributed by atoms with E-state index in [1.807, 2.05) is 4.68 Å². The summed E-state index contributed by atoms with van der Waals surface area (Å²) in [6.07, 6.45) is 1.67. The van der Waals surface area contributed by atoms with E-state index in [0.29, 0.717) is 10.8 Å². The molecule has 6 nitrogen and oxygen atoms in total. The number of fused-ring (bicyclic) bond motifs is 1. The molecule has 0 spiro atoms. The summed E-state index contributed by atoms with van der Waals surface area (Å²) in [7, 11) is 0. The van der Waals surface area contributed by atoms with Crippen molar-refractivity contribution in [1.82, 2.24) is 24.6 Å². The van der Waals surface area contributed by atoms with E-state index >= 15 is 0 Å². The van der Waals surface area contributed by atoms with E-state index in [4.69, 9.17) is 27.9 Å². The largest absolute Gasteiger partial charge is 0.379 e. The molecule has 102 valence electrons. The third-order valence-corrected chi connectivity index (χ3v) is 3.61. The molecule has 3 rings (SSSR count). The fourth-order valence-corrected chi connectivity index (χ4v) is 2.54. The van der Waals surface area contributed by atoms with E-state index in [9.17, 15) is 0 Å². The summed E-state index contributed by atoms with van der Waals surface area (Å²) in [5.41, 5.74) is 0.679. The van der Waals surface area contributed by atoms with Crippen molar-refractivity contribution in [1.29, 1.82) is 0 Å². The Morgan fingerprint density at radius 2 is 1.95 bits per heavy atom. The minimum absolute atomic E-state index is 0.144. The van der Waals surface area contributed by atoms with Crippen LogP contribution in [0.5, 0.6) is 0 Å². The maximum absolute atomic E-state index is 6.01. The maximum atomic E-state index is 6.01. The first-order valence-electron chi connectivity index (χ1n) is 6.09. The molecule has 1 aliphatic rings. The van der Waals surface area contributed by atoms with Gasteiger partial charge < -0.3 is 4.74 Å². The Bertz CT molecular complexity index is 582. The molecule has 0 amide bonds. The van der Waals surface area contributed by atoms with Crippen LogP contribution in [0.3, 0.4) is 0 Å². The van der Waals surface area contributed by atoms with E-state index in [0.717, 1.165) is 44.8 Å². The van der Waals surface area contributed by atoms with Gasteiger partial charge in [-0.3, -0.25) is 4.90 Å². The fourth-order valence-electron chi connectivity index (χ4n) is 2.12. The van der Waals surface area contributed by atoms with Gasteiger partial charge >= 0.3 is 0 Å². The quantitative estimate of drug-likeness (QED) is 0.635. The van der Waals surface area contributed by atoms with Gasteiger partial charge in [0.2, 0.25) is 5.28 Å². The molecule has 1 fully saturated rings. The third-order valence-electron chi connectivity index (χ3n) is 3.15. The van der Waals surface area contributed by atoms with Gasteiger partial charge in [-0.1, -0.05) is 11.6 Å². The average molecular weight is 302 g/mol. The van der Waals surface area contributed by atoms with Crippen molar-refractivity contribution < 1.29 is 4.74 Å². The van der Waals surface area contributed by atoms with Crippen LogP contribution in [-0.2, 0) is 11.3 Å². The van der Waals surface area contributed by atoms with Gasteiger partial charge in [0, 0.05) is 19.6 Å². The molecule has 1 aliphatic heterocycles. The van der Waals surface area contributed by atoms with Crippen LogP contribution in [-0.4, -0.2) is 57.5 Å². The molecule has 3 heterocycles. The lowest BCUT2D eigenvalue weighted by Gasteiger charge is -2.26. The van der Waals surface area contributed by atoms with Crippen LogP contribution >= 0.6 is 23.2 Å². The standard InChI is InChI=1S/C11H13Cl2N5O/c12-9-8-7-14-18(10(8)16-11(13)15-9)2-1-17-3-5-19-6-4-17/h7H,1-6H2. The Morgan fingerprint density at radius 1 is 1.16 bits per heavy atom. The Morgan fingerprint density at radius 3 is 2.74 bits per heavy atom. The van der Waals surface area contributed by atoms with Gasteiger partial charge in [0.1, 0.15) is 5.15 Å². The zero-order valence-electron chi connectivity index (χ0n) is 10.2. The molecule has 0 radical (unpaired) electrons. The van der Waals surface area contributed by atoms with Gasteiger partial charge in [-0.2, -0.15) is 10.1 Å². The predicted molar refractivity (Wildman–Crippen MR) is 72.6 cm³/mol. The molecule has 0 unspecified atom stereocenters. The first kappa shape index (κ1) is 13.1. The van der Waals surface area contributed by atoms with Crippen molar-refractivity contribution in [2.45, 2.75) is 6.54 Å². The number of hydrogen-bond donors (Lipinski definition) is 0. The van der Waals surface area contributed by atoms with Crippen LogP contribution in [0.25, 0.3) is 11.0 Å². The molecular weight excluding hydrogens is 289 g/mol. The van der Waals surface area contributed by atoms with Crippen molar-refractivity contribution in [2.75, 3.05) is 32.8 Å². The molecule has 8 heteroatoms. The highest BCUT2D eigenvalue weighted by atomic mass is 35.5. The molecule has 0 atom stereocenters. The van der Waals surface area contributed by atoms with E-state index in [-0.39, 0.29) is 5.28 Å². The smallest absolute Gasteiger partial charge is 0.225 e. The molecule has 0 aliphatic carbocycles. The number of halogens is 2. The van der Waals surface area contributed by atoms with E-state index in [2.05, 4.69) is 20.0 Å². The van der Waals surface area contributed by atoms with E-state index in [1.54, 1.807) is 6.20 Å². The Hall–Kier alpha value is -0.950. The Balaban J connectivity index is 1.77. The van der Waals surface area contributed by atoms with Gasteiger partial charge in [-0.05, 0) is 11.6 Å². The summed E-state index contributed by atoms with van der Waals surface area (Å²) in [5.74, 6) is 0. The molecule has 0 N–H and O–H groups in total. The second kappa shape index (κ2) is 5.58. The third kappa shape index (κ3) is 2.81. The summed E-state index contributed by atoms with van der Waals surface area (Å²) in [5, 5.41) is 5.51. The topological polar surface area (TPSA) is 56.1 Å². The number of aromatic nitrogens is 4. The number of rotatable bonds is 3. The zero-order chi connectivity index (χ0) is 13.2. The van der Waals surface area contributed by atoms with Crippen LogP contribution in [0.2, 0.25) is 10.4 Å². The normalized spacial score (nSPS) is 17.2. The van der Waals surface area contributed by atoms with E-state index < -0.39 is 0 Å². The number of ether oxygens (including phenoxy) is 1. The van der Waals surface area contributed by atoms with Crippen molar-refractivity contribution in [3.63, 3.8) is 0 Å². The molecule has 2 aromatic heterocycles. The van der Waals surface area contributed by atoms with E-state index in [1.165, 1.54) is 0 Å². The summed E-state index contributed by atoms with van der Waals surface area (Å²) in [6.45, 7) is 5.14. The van der Waals surface area contributed by atoms with Crippen LogP contribution in [0, 0.1) is 0 Å². The van der Waals surface area contributed by atoms with Crippen LogP contribution in [0.1, 0.15) is 0 Å². The second-order valence-electron chi connectivity index (χ2n) is 4.34.